The molecule has 0 unspecified atom stereocenters. The van der Waals surface area contributed by atoms with E-state index in [0.29, 0.717) is 0 Å². The number of hydrogen-bond donors (Lipinski definition) is 3. The average molecular weight is 1410 g/mol. The molecular weight excluding hydrogens is 1340 g/mol. The average Bonchev–Trinajstić information content (AvgIpc) is 1.62. The molecule has 9 aliphatic rings. The molecule has 6 aliphatic heterocycles. The predicted octanol–water partition coefficient (Wildman–Crippen LogP) is 23.5. The molecule has 8 nitrogen and oxygen atoms in total. The fourth-order valence-electron chi connectivity index (χ4n) is 15.2. The minimum absolute atomic E-state index is 0.724. The predicted molar refractivity (Wildman–Crippen MR) is 458 cm³/mol. The van der Waals surface area contributed by atoms with Crippen LogP contribution in [0, 0.1) is 0 Å². The number of hydrogen-bond acceptors (Lipinski definition) is 6. The number of aromatic nitrogens is 2. The summed E-state index contributed by atoms with van der Waals surface area (Å²) in [5, 5.41) is 0. The Morgan fingerprint density at radius 2 is 0.491 bits per heavy atom. The molecule has 0 saturated heterocycles. The van der Waals surface area contributed by atoms with Crippen LogP contribution in [0.25, 0.3) is 44.6 Å². The fraction of sp³-hybridized carbons (Fsp3) is 0.0294. The standard InChI is InChI=1S/C45H32N4.C45H31N3.C7H6O.C5H6/c46-35-20-18-32(19-21-35)45-40-25-23-37(48-40)43(30-12-6-2-7-13-30)34-17-16-33(28-34)42(29-10-4-1-5-11-29)36-22-24-38(47-36)44(31-14-8-3-9-15-31)39-26-27-41(45)49-39;1-5-13-30(14-6-1)42-34-21-22-35(29-34)43(31-15-7-2-8-16-31)37-24-26-39(47-37)45(33-19-11-4-12-20-33)41-28-27-40(48-41)44(32-17-9-3-10-18-32)38-25-23-36(42)46-38;8-6-7-4-2-1-3-5-7;1-2-4-5-3-1/h1-27,49H,28,46H2;1-28,48H,29H2;1-6H;1-4H,5H2. The van der Waals surface area contributed by atoms with Gasteiger partial charge >= 0.3 is 0 Å². The van der Waals surface area contributed by atoms with E-state index in [2.05, 4.69) is 350 Å². The number of aromatic amines is 2. The normalized spacial score (nSPS) is 16.1. The third-order valence-electron chi connectivity index (χ3n) is 20.3. The van der Waals surface area contributed by atoms with E-state index < -0.39 is 0 Å². The number of H-pyrrole nitrogens is 2. The van der Waals surface area contributed by atoms with Gasteiger partial charge in [-0.3, -0.25) is 4.79 Å². The summed E-state index contributed by atoms with van der Waals surface area (Å²) in [6.07, 6.45) is 38.2. The van der Waals surface area contributed by atoms with Gasteiger partial charge in [-0.1, -0.05) is 303 Å². The Bertz CT molecular complexity index is 5890. The van der Waals surface area contributed by atoms with E-state index >= 15 is 0 Å². The summed E-state index contributed by atoms with van der Waals surface area (Å²) < 4.78 is 0. The highest BCUT2D eigenvalue weighted by Crippen LogP contribution is 2.45. The monoisotopic (exact) mass is 1410 g/mol. The second-order valence-corrected chi connectivity index (χ2v) is 27.4. The van der Waals surface area contributed by atoms with Gasteiger partial charge in [-0.2, -0.15) is 0 Å². The lowest BCUT2D eigenvalue weighted by atomic mass is 9.91. The summed E-state index contributed by atoms with van der Waals surface area (Å²) in [4.78, 5) is 39.2. The summed E-state index contributed by atoms with van der Waals surface area (Å²) >= 11 is 0. The molecule has 16 bridgehead atoms. The maximum atomic E-state index is 10.0. The molecule has 3 aliphatic carbocycles. The van der Waals surface area contributed by atoms with Crippen molar-refractivity contribution in [3.63, 3.8) is 0 Å². The number of carbonyl (C=O) groups is 1. The number of aliphatic imine (C=N–C) groups is 4. The van der Waals surface area contributed by atoms with Gasteiger partial charge in [-0.15, -0.1) is 0 Å². The number of fused-ring (bicyclic) bond motifs is 12. The molecule has 11 aromatic rings. The highest BCUT2D eigenvalue weighted by molar-refractivity contribution is 6.35. The second kappa shape index (κ2) is 31.7. The van der Waals surface area contributed by atoms with Crippen LogP contribution in [0.5, 0.6) is 0 Å². The lowest BCUT2D eigenvalue weighted by molar-refractivity contribution is 0.112. The van der Waals surface area contributed by atoms with Crippen LogP contribution in [0.3, 0.4) is 0 Å². The highest BCUT2D eigenvalue weighted by Gasteiger charge is 2.30. The topological polar surface area (TPSA) is 124 Å². The number of nitrogen functional groups attached to an aromatic ring is 1. The molecule has 0 radical (unpaired) electrons. The third-order valence-corrected chi connectivity index (χ3v) is 20.3. The molecule has 2 aromatic heterocycles. The molecule has 20 rings (SSSR count). The molecule has 524 valence electrons. The Balaban J connectivity index is 0.000000137. The zero-order valence-electron chi connectivity index (χ0n) is 60.4. The van der Waals surface area contributed by atoms with Crippen molar-refractivity contribution < 1.29 is 4.79 Å². The van der Waals surface area contributed by atoms with Gasteiger partial charge in [0.05, 0.1) is 45.6 Å². The summed E-state index contributed by atoms with van der Waals surface area (Å²) in [6, 6.07) is 100.0. The molecule has 0 fully saturated rings. The minimum Gasteiger partial charge on any atom is -0.399 e. The zero-order chi connectivity index (χ0) is 74.0. The first kappa shape index (κ1) is 68.6. The van der Waals surface area contributed by atoms with Crippen LogP contribution < -0.4 is 5.73 Å². The van der Waals surface area contributed by atoms with Crippen LogP contribution in [-0.4, -0.2) is 39.1 Å². The molecule has 9 aromatic carbocycles. The van der Waals surface area contributed by atoms with E-state index in [1.54, 1.807) is 12.1 Å². The van der Waals surface area contributed by atoms with Gasteiger partial charge in [0.1, 0.15) is 6.29 Å². The smallest absolute Gasteiger partial charge is 0.150 e. The number of rotatable bonds is 9. The van der Waals surface area contributed by atoms with Crippen LogP contribution in [-0.2, 0) is 0 Å². The van der Waals surface area contributed by atoms with Crippen molar-refractivity contribution in [3.05, 3.63) is 506 Å². The van der Waals surface area contributed by atoms with Crippen molar-refractivity contribution in [1.82, 2.24) is 9.97 Å². The van der Waals surface area contributed by atoms with Crippen molar-refractivity contribution in [2.24, 2.45) is 20.0 Å². The molecule has 110 heavy (non-hydrogen) atoms. The lowest BCUT2D eigenvalue weighted by Crippen LogP contribution is -2.03. The summed E-state index contributed by atoms with van der Waals surface area (Å²) in [5.74, 6) is 0. The van der Waals surface area contributed by atoms with Gasteiger partial charge < -0.3 is 15.7 Å². The van der Waals surface area contributed by atoms with Crippen LogP contribution in [0.4, 0.5) is 5.69 Å². The van der Waals surface area contributed by atoms with E-state index in [1.165, 1.54) is 22.3 Å². The number of carbonyl (C=O) groups excluding carboxylic acids is 1. The number of benzene rings is 9. The molecule has 0 saturated carbocycles. The van der Waals surface area contributed by atoms with Gasteiger partial charge in [0, 0.05) is 78.6 Å². The van der Waals surface area contributed by atoms with E-state index in [4.69, 9.17) is 25.7 Å². The first-order chi connectivity index (χ1) is 54.4. The highest BCUT2D eigenvalue weighted by atomic mass is 16.1. The number of nitrogens with one attached hydrogen (secondary N) is 2. The third kappa shape index (κ3) is 14.6. The number of anilines is 1. The van der Waals surface area contributed by atoms with Gasteiger partial charge in [0.25, 0.3) is 0 Å². The quantitative estimate of drug-likeness (QED) is 0.0984. The van der Waals surface area contributed by atoms with Crippen molar-refractivity contribution in [2.75, 3.05) is 5.73 Å². The largest absolute Gasteiger partial charge is 0.399 e. The molecule has 8 heterocycles. The molecule has 8 heteroatoms. The SMILES string of the molecule is C1=CC2=C(c3ccccc3)c3ccc([nH]3)C(c3ccccc3)=C3C=CC(=N3)C(c3ccccc3)=C3C=CC(=C(c4ccccc4)C1=N2)C3.C1=CCC=C1.Nc1ccc(C2=C3C=CC(=N3)C(c3ccccc3)=C3C=CC(=C(c4ccccc4)C4=NC(=C(c5ccccc5)c5ccc2[nH]5)C=C4)C3)cc1.O=Cc1ccccc1. The van der Waals surface area contributed by atoms with Crippen molar-refractivity contribution in [1.29, 1.82) is 0 Å². The van der Waals surface area contributed by atoms with Crippen LogP contribution in [0.15, 0.2) is 453 Å². The van der Waals surface area contributed by atoms with Gasteiger partial charge in [0.2, 0.25) is 0 Å². The molecule has 4 N–H and O–H groups in total. The second-order valence-electron chi connectivity index (χ2n) is 27.4. The Labute approximate surface area is 641 Å². The van der Waals surface area contributed by atoms with Crippen LogP contribution in [0.2, 0.25) is 0 Å². The van der Waals surface area contributed by atoms with E-state index in [-0.39, 0.29) is 0 Å². The number of allylic oxidation sites excluding steroid dienone is 24. The first-order valence-corrected chi connectivity index (χ1v) is 37.2. The lowest BCUT2D eigenvalue weighted by Gasteiger charge is -2.14. The summed E-state index contributed by atoms with van der Waals surface area (Å²) in [6.45, 7) is 0. The summed E-state index contributed by atoms with van der Waals surface area (Å²) in [5.41, 5.74) is 41.8. The van der Waals surface area contributed by atoms with Crippen molar-refractivity contribution in [2.45, 2.75) is 19.3 Å². The number of aldehydes is 1. The van der Waals surface area contributed by atoms with Gasteiger partial charge in [-0.25, -0.2) is 20.0 Å². The Kier molecular flexibility index (Phi) is 19.8. The number of nitrogens with zero attached hydrogens (tertiary/aromatic N) is 4. The Hall–Kier alpha value is -14.5. The van der Waals surface area contributed by atoms with Crippen molar-refractivity contribution in [3.8, 4) is 0 Å². The fourth-order valence-corrected chi connectivity index (χ4v) is 15.2. The zero-order valence-corrected chi connectivity index (χ0v) is 60.4. The van der Waals surface area contributed by atoms with Crippen LogP contribution >= 0.6 is 0 Å². The van der Waals surface area contributed by atoms with Crippen molar-refractivity contribution >= 4 is 79.4 Å². The molecular formula is C102H75N7O. The van der Waals surface area contributed by atoms with Gasteiger partial charge in [0.15, 0.2) is 0 Å². The first-order valence-electron chi connectivity index (χ1n) is 37.2. The molecule has 0 atom stereocenters. The summed E-state index contributed by atoms with van der Waals surface area (Å²) in [7, 11) is 0. The van der Waals surface area contributed by atoms with Crippen LogP contribution in [0.1, 0.15) is 96.9 Å². The Morgan fingerprint density at radius 1 is 0.255 bits per heavy atom. The van der Waals surface area contributed by atoms with Gasteiger partial charge in [-0.05, 0) is 171 Å². The molecule has 0 spiro atoms. The van der Waals surface area contributed by atoms with E-state index in [1.807, 2.05) is 36.4 Å². The maximum Gasteiger partial charge on any atom is 0.150 e. The van der Waals surface area contributed by atoms with E-state index in [9.17, 15) is 4.79 Å². The number of nitrogens with two attached hydrogens (primary N) is 1. The molecule has 0 amide bonds. The Morgan fingerprint density at radius 3 is 0.718 bits per heavy atom. The van der Waals surface area contributed by atoms with E-state index in [0.717, 1.165) is 194 Å². The minimum atomic E-state index is 0.724. The maximum absolute atomic E-state index is 10.0.